The van der Waals surface area contributed by atoms with E-state index >= 15 is 0 Å². The van der Waals surface area contributed by atoms with Gasteiger partial charge in [0, 0.05) is 32.5 Å². The first-order chi connectivity index (χ1) is 28.2. The quantitative estimate of drug-likeness (QED) is 0.170. The Bertz CT molecular complexity index is 3700. The van der Waals surface area contributed by atoms with Crippen molar-refractivity contribution in [2.24, 2.45) is 0 Å². The van der Waals surface area contributed by atoms with Crippen LogP contribution < -0.4 is 0 Å². The highest BCUT2D eigenvalue weighted by Crippen LogP contribution is 2.45. The summed E-state index contributed by atoms with van der Waals surface area (Å²) in [6.45, 7) is 6.24. The van der Waals surface area contributed by atoms with E-state index in [0.29, 0.717) is 5.95 Å². The first-order valence-electron chi connectivity index (χ1n) is 19.4. The van der Waals surface area contributed by atoms with Crippen LogP contribution in [0.2, 0.25) is 0 Å². The van der Waals surface area contributed by atoms with E-state index in [4.69, 9.17) is 14.4 Å². The van der Waals surface area contributed by atoms with Gasteiger partial charge in [0.2, 0.25) is 5.95 Å². The lowest BCUT2D eigenvalue weighted by Crippen LogP contribution is -2.05. The van der Waals surface area contributed by atoms with Gasteiger partial charge in [-0.25, -0.2) is 9.97 Å². The Labute approximate surface area is 327 Å². The molecule has 4 heteroatoms. The second-order valence-electron chi connectivity index (χ2n) is 15.0. The summed E-state index contributed by atoms with van der Waals surface area (Å²) in [5.74, 6) is 1.36. The monoisotopic (exact) mass is 727 g/mol. The molecule has 0 fully saturated rings. The van der Waals surface area contributed by atoms with Crippen molar-refractivity contribution in [3.05, 3.63) is 181 Å². The molecule has 0 radical (unpaired) electrons. The standard InChI is InChI=1S/C53H33N3O/c1-3-46-42(39-21-12-13-23-47(39)57-46)30-31(2)52-49-34-16-6-4-14-32(34)24-27-43(49)54-53(55-52)56-44-28-25-33-15-5-7-17-35(33)50(44)51-45(56)29-26-41-38-20-9-8-18-36(38)37-19-10-11-22-40(37)48(41)51/h3-30H,1H2,2H3/b31-30+. The van der Waals surface area contributed by atoms with Gasteiger partial charge in [-0.05, 0) is 97.4 Å². The van der Waals surface area contributed by atoms with Gasteiger partial charge in [0.25, 0.3) is 0 Å². The highest BCUT2D eigenvalue weighted by molar-refractivity contribution is 6.37. The third-order valence-corrected chi connectivity index (χ3v) is 11.9. The van der Waals surface area contributed by atoms with Crippen LogP contribution in [0.3, 0.4) is 0 Å². The molecule has 12 rings (SSSR count). The molecule has 0 unspecified atom stereocenters. The molecule has 12 aromatic rings. The molecular formula is C53H33N3O. The number of fused-ring (bicyclic) bond motifs is 16. The SMILES string of the molecule is C=Cc1oc2ccccc2c1/C=C(\C)c1nc(-n2c3ccc4ccccc4c3c3c4c5ccccc5c5ccccc5c4ccc32)nc2ccc3ccccc3c12. The van der Waals surface area contributed by atoms with Gasteiger partial charge >= 0.3 is 0 Å². The van der Waals surface area contributed by atoms with Crippen LogP contribution in [0.4, 0.5) is 0 Å². The summed E-state index contributed by atoms with van der Waals surface area (Å²) < 4.78 is 8.54. The van der Waals surface area contributed by atoms with Crippen molar-refractivity contribution in [1.29, 1.82) is 0 Å². The van der Waals surface area contributed by atoms with Gasteiger partial charge in [0.15, 0.2) is 0 Å². The van der Waals surface area contributed by atoms with Crippen molar-refractivity contribution in [2.45, 2.75) is 6.92 Å². The first-order valence-corrected chi connectivity index (χ1v) is 19.4. The maximum Gasteiger partial charge on any atom is 0.235 e. The van der Waals surface area contributed by atoms with Crippen molar-refractivity contribution in [2.75, 3.05) is 0 Å². The number of nitrogens with zero attached hydrogens (tertiary/aromatic N) is 3. The first kappa shape index (κ1) is 31.8. The highest BCUT2D eigenvalue weighted by Gasteiger charge is 2.23. The number of allylic oxidation sites excluding steroid dienone is 1. The molecule has 0 aliphatic rings. The minimum absolute atomic E-state index is 0.626. The fourth-order valence-electron chi connectivity index (χ4n) is 9.42. The summed E-state index contributed by atoms with van der Waals surface area (Å²) in [6, 6.07) is 56.3. The third-order valence-electron chi connectivity index (χ3n) is 11.9. The van der Waals surface area contributed by atoms with E-state index in [1.54, 1.807) is 6.08 Å². The van der Waals surface area contributed by atoms with E-state index in [1.807, 2.05) is 18.2 Å². The van der Waals surface area contributed by atoms with Gasteiger partial charge in [0.05, 0.1) is 22.2 Å². The number of para-hydroxylation sites is 1. The Morgan fingerprint density at radius 1 is 0.509 bits per heavy atom. The lowest BCUT2D eigenvalue weighted by atomic mass is 9.91. The number of rotatable bonds is 4. The summed E-state index contributed by atoms with van der Waals surface area (Å²) in [6.07, 6.45) is 3.98. The van der Waals surface area contributed by atoms with E-state index in [9.17, 15) is 0 Å². The van der Waals surface area contributed by atoms with Crippen LogP contribution in [0, 0.1) is 0 Å². The Morgan fingerprint density at radius 3 is 1.77 bits per heavy atom. The molecule has 4 nitrogen and oxygen atoms in total. The van der Waals surface area contributed by atoms with Crippen molar-refractivity contribution < 1.29 is 4.42 Å². The molecule has 3 aromatic heterocycles. The van der Waals surface area contributed by atoms with Crippen LogP contribution in [0.5, 0.6) is 0 Å². The largest absolute Gasteiger partial charge is 0.456 e. The molecule has 3 heterocycles. The van der Waals surface area contributed by atoms with E-state index in [2.05, 4.69) is 164 Å². The van der Waals surface area contributed by atoms with E-state index in [-0.39, 0.29) is 0 Å². The number of furan rings is 1. The summed E-state index contributed by atoms with van der Waals surface area (Å²) >= 11 is 0. The lowest BCUT2D eigenvalue weighted by molar-refractivity contribution is 0.603. The van der Waals surface area contributed by atoms with Crippen LogP contribution in [0.15, 0.2) is 169 Å². The Balaban J connectivity index is 1.25. The van der Waals surface area contributed by atoms with E-state index in [1.165, 1.54) is 53.9 Å². The van der Waals surface area contributed by atoms with Crippen LogP contribution >= 0.6 is 0 Å². The lowest BCUT2D eigenvalue weighted by Gasteiger charge is -2.14. The second-order valence-corrected chi connectivity index (χ2v) is 15.0. The highest BCUT2D eigenvalue weighted by atomic mass is 16.3. The van der Waals surface area contributed by atoms with E-state index in [0.717, 1.165) is 66.3 Å². The average Bonchev–Trinajstić information content (AvgIpc) is 3.81. The summed E-state index contributed by atoms with van der Waals surface area (Å²) in [5.41, 5.74) is 6.71. The molecule has 0 N–H and O–H groups in total. The molecule has 0 saturated carbocycles. The normalized spacial score (nSPS) is 12.5. The smallest absolute Gasteiger partial charge is 0.235 e. The maximum atomic E-state index is 6.25. The van der Waals surface area contributed by atoms with Gasteiger partial charge in [-0.2, -0.15) is 0 Å². The molecule has 9 aromatic carbocycles. The topological polar surface area (TPSA) is 43.9 Å². The van der Waals surface area contributed by atoms with Crippen LogP contribution in [-0.2, 0) is 0 Å². The fourth-order valence-corrected chi connectivity index (χ4v) is 9.42. The molecule has 0 amide bonds. The predicted octanol–water partition coefficient (Wildman–Crippen LogP) is 14.4. The van der Waals surface area contributed by atoms with Crippen molar-refractivity contribution in [3.8, 4) is 5.95 Å². The molecule has 0 aliphatic carbocycles. The molecule has 266 valence electrons. The summed E-state index contributed by atoms with van der Waals surface area (Å²) in [7, 11) is 0. The third kappa shape index (κ3) is 4.50. The van der Waals surface area contributed by atoms with Gasteiger partial charge in [-0.3, -0.25) is 4.57 Å². The summed E-state index contributed by atoms with van der Waals surface area (Å²) in [4.78, 5) is 11.1. The second kappa shape index (κ2) is 12.0. The van der Waals surface area contributed by atoms with Crippen LogP contribution in [0.25, 0.3) is 121 Å². The zero-order valence-electron chi connectivity index (χ0n) is 31.1. The van der Waals surface area contributed by atoms with Gasteiger partial charge in [-0.1, -0.05) is 140 Å². The number of hydrogen-bond donors (Lipinski definition) is 0. The Morgan fingerprint density at radius 2 is 1.05 bits per heavy atom. The van der Waals surface area contributed by atoms with Crippen LogP contribution in [-0.4, -0.2) is 14.5 Å². The maximum absolute atomic E-state index is 6.25. The minimum Gasteiger partial charge on any atom is -0.456 e. The number of hydrogen-bond acceptors (Lipinski definition) is 3. The molecule has 0 atom stereocenters. The van der Waals surface area contributed by atoms with Crippen molar-refractivity contribution >= 4 is 115 Å². The fraction of sp³-hybridized carbons (Fsp3) is 0.0189. The molecule has 57 heavy (non-hydrogen) atoms. The van der Waals surface area contributed by atoms with Crippen molar-refractivity contribution in [3.63, 3.8) is 0 Å². The minimum atomic E-state index is 0.626. The van der Waals surface area contributed by atoms with E-state index < -0.39 is 0 Å². The zero-order chi connectivity index (χ0) is 37.8. The number of benzene rings is 9. The Hall–Kier alpha value is -7.56. The summed E-state index contributed by atoms with van der Waals surface area (Å²) in [5, 5.41) is 16.6. The molecule has 0 spiro atoms. The van der Waals surface area contributed by atoms with Gasteiger partial charge in [0.1, 0.15) is 11.3 Å². The zero-order valence-corrected chi connectivity index (χ0v) is 31.1. The average molecular weight is 728 g/mol. The molecule has 0 aliphatic heterocycles. The molecular weight excluding hydrogens is 695 g/mol. The molecule has 0 saturated heterocycles. The van der Waals surface area contributed by atoms with Gasteiger partial charge in [-0.15, -0.1) is 0 Å². The van der Waals surface area contributed by atoms with Crippen LogP contribution in [0.1, 0.15) is 23.9 Å². The number of aromatic nitrogens is 3. The van der Waals surface area contributed by atoms with Gasteiger partial charge < -0.3 is 4.42 Å². The Kier molecular flexibility index (Phi) is 6.67. The van der Waals surface area contributed by atoms with Crippen molar-refractivity contribution in [1.82, 2.24) is 14.5 Å². The molecule has 0 bridgehead atoms. The predicted molar refractivity (Wildman–Crippen MR) is 241 cm³/mol.